The molecule has 3 aromatic heterocycles. The van der Waals surface area contributed by atoms with Crippen LogP contribution in [0.5, 0.6) is 0 Å². The van der Waals surface area contributed by atoms with Crippen LogP contribution >= 0.6 is 0 Å². The molecule has 0 radical (unpaired) electrons. The molecule has 5 aromatic carbocycles. The molecule has 0 bridgehead atoms. The fourth-order valence-electron chi connectivity index (χ4n) is 6.46. The molecule has 210 valence electrons. The van der Waals surface area contributed by atoms with E-state index in [1.165, 1.54) is 12.4 Å². The van der Waals surface area contributed by atoms with Crippen molar-refractivity contribution in [3.05, 3.63) is 127 Å². The normalized spacial score (nSPS) is 11.5. The molecule has 6 N–H and O–H groups in total. The molecule has 7 nitrogen and oxygen atoms in total. The average molecular weight is 572 g/mol. The first-order valence-electron chi connectivity index (χ1n) is 14.2. The largest absolute Gasteiger partial charge is 0.366 e. The molecule has 7 heteroatoms. The van der Waals surface area contributed by atoms with Crippen LogP contribution in [0.1, 0.15) is 20.7 Å². The molecule has 0 saturated carbocycles. The Labute approximate surface area is 251 Å². The van der Waals surface area contributed by atoms with Gasteiger partial charge in [0.25, 0.3) is 11.8 Å². The molecule has 0 atom stereocenters. The van der Waals surface area contributed by atoms with Gasteiger partial charge in [0.2, 0.25) is 0 Å². The third-order valence-corrected chi connectivity index (χ3v) is 8.40. The minimum Gasteiger partial charge on any atom is -0.366 e. The Bertz CT molecular complexity index is 2300. The summed E-state index contributed by atoms with van der Waals surface area (Å²) in [6.07, 6.45) is 2.76. The van der Waals surface area contributed by atoms with Gasteiger partial charge in [0.15, 0.2) is 0 Å². The Hall–Kier alpha value is -6.21. The lowest BCUT2D eigenvalue weighted by Gasteiger charge is -2.16. The van der Waals surface area contributed by atoms with Gasteiger partial charge >= 0.3 is 0 Å². The Kier molecular flexibility index (Phi) is 5.61. The number of carbonyl (C=O) groups excluding carboxylic acids is 2. The van der Waals surface area contributed by atoms with E-state index in [4.69, 9.17) is 11.5 Å². The Morgan fingerprint density at radius 1 is 0.523 bits per heavy atom. The summed E-state index contributed by atoms with van der Waals surface area (Å²) in [5.41, 5.74) is 20.6. The number of carbonyl (C=O) groups is 2. The first-order valence-corrected chi connectivity index (χ1v) is 14.2. The predicted molar refractivity (Wildman–Crippen MR) is 176 cm³/mol. The van der Waals surface area contributed by atoms with E-state index in [9.17, 15) is 9.59 Å². The van der Waals surface area contributed by atoms with E-state index in [0.29, 0.717) is 11.1 Å². The highest BCUT2D eigenvalue weighted by Crippen LogP contribution is 2.41. The van der Waals surface area contributed by atoms with Crippen molar-refractivity contribution in [3.8, 4) is 33.4 Å². The van der Waals surface area contributed by atoms with E-state index in [-0.39, 0.29) is 11.1 Å². The highest BCUT2D eigenvalue weighted by atomic mass is 16.1. The van der Waals surface area contributed by atoms with Crippen LogP contribution in [0, 0.1) is 0 Å². The standard InChI is InChI=1S/C37H25N5O2/c38-36(43)29-18-40-19-30(37(39)44)33(29)22-16-20(23-9-5-11-27-25-7-1-3-13-31(25)41-34(23)27)15-21(17-22)24-10-6-12-28-26-8-2-4-14-32(26)42-35(24)28/h1-19,41-42H,(H2,38,43)(H2,39,44). The van der Waals surface area contributed by atoms with E-state index < -0.39 is 11.8 Å². The first-order chi connectivity index (χ1) is 21.5. The van der Waals surface area contributed by atoms with Gasteiger partial charge in [0.1, 0.15) is 0 Å². The zero-order chi connectivity index (χ0) is 29.9. The topological polar surface area (TPSA) is 131 Å². The van der Waals surface area contributed by atoms with Crippen LogP contribution < -0.4 is 11.5 Å². The van der Waals surface area contributed by atoms with Crippen molar-refractivity contribution >= 4 is 55.4 Å². The van der Waals surface area contributed by atoms with Crippen LogP contribution in [0.3, 0.4) is 0 Å². The van der Waals surface area contributed by atoms with E-state index in [2.05, 4.69) is 69.5 Å². The Morgan fingerprint density at radius 2 is 0.955 bits per heavy atom. The molecule has 0 unspecified atom stereocenters. The number of nitrogens with two attached hydrogens (primary N) is 2. The smallest absolute Gasteiger partial charge is 0.250 e. The zero-order valence-electron chi connectivity index (χ0n) is 23.4. The first kappa shape index (κ1) is 25.5. The van der Waals surface area contributed by atoms with Crippen LogP contribution in [0.15, 0.2) is 116 Å². The number of para-hydroxylation sites is 4. The number of aromatic nitrogens is 3. The number of amides is 2. The van der Waals surface area contributed by atoms with Crippen molar-refractivity contribution in [1.29, 1.82) is 0 Å². The summed E-state index contributed by atoms with van der Waals surface area (Å²) in [6, 6.07) is 34.9. The number of hydrogen-bond acceptors (Lipinski definition) is 3. The number of pyridine rings is 1. The van der Waals surface area contributed by atoms with Crippen molar-refractivity contribution in [2.45, 2.75) is 0 Å². The number of H-pyrrole nitrogens is 2. The van der Waals surface area contributed by atoms with Crippen molar-refractivity contribution in [2.75, 3.05) is 0 Å². The third kappa shape index (κ3) is 3.87. The highest BCUT2D eigenvalue weighted by molar-refractivity contribution is 6.15. The maximum Gasteiger partial charge on any atom is 0.250 e. The van der Waals surface area contributed by atoms with E-state index in [1.807, 2.05) is 48.5 Å². The second kappa shape index (κ2) is 9.68. The minimum atomic E-state index is -0.696. The van der Waals surface area contributed by atoms with E-state index in [1.54, 1.807) is 0 Å². The third-order valence-electron chi connectivity index (χ3n) is 8.40. The van der Waals surface area contributed by atoms with Gasteiger partial charge in [0.05, 0.1) is 22.2 Å². The number of benzene rings is 5. The Morgan fingerprint density at radius 3 is 1.43 bits per heavy atom. The molecular weight excluding hydrogens is 546 g/mol. The van der Waals surface area contributed by atoms with Crippen molar-refractivity contribution < 1.29 is 9.59 Å². The monoisotopic (exact) mass is 571 g/mol. The number of rotatable bonds is 5. The molecule has 8 rings (SSSR count). The van der Waals surface area contributed by atoms with Crippen LogP contribution in [0.2, 0.25) is 0 Å². The summed E-state index contributed by atoms with van der Waals surface area (Å²) >= 11 is 0. The summed E-state index contributed by atoms with van der Waals surface area (Å²) in [5, 5.41) is 4.46. The molecular formula is C37H25N5O2. The number of fused-ring (bicyclic) bond motifs is 6. The van der Waals surface area contributed by atoms with Gasteiger partial charge in [-0.1, -0.05) is 72.8 Å². The van der Waals surface area contributed by atoms with Gasteiger partial charge in [-0.25, -0.2) is 0 Å². The van der Waals surface area contributed by atoms with Crippen LogP contribution in [0.25, 0.3) is 77.0 Å². The summed E-state index contributed by atoms with van der Waals surface area (Å²) in [7, 11) is 0. The van der Waals surface area contributed by atoms with Gasteiger partial charge in [-0.2, -0.15) is 0 Å². The van der Waals surface area contributed by atoms with Crippen molar-refractivity contribution in [2.24, 2.45) is 11.5 Å². The van der Waals surface area contributed by atoms with Crippen LogP contribution in [-0.4, -0.2) is 26.8 Å². The summed E-state index contributed by atoms with van der Waals surface area (Å²) in [4.78, 5) is 36.6. The number of primary amides is 2. The molecule has 0 saturated heterocycles. The summed E-state index contributed by atoms with van der Waals surface area (Å²) < 4.78 is 0. The van der Waals surface area contributed by atoms with Crippen molar-refractivity contribution in [3.63, 3.8) is 0 Å². The van der Waals surface area contributed by atoms with Gasteiger partial charge in [-0.05, 0) is 47.0 Å². The molecule has 8 aromatic rings. The van der Waals surface area contributed by atoms with Gasteiger partial charge in [-0.15, -0.1) is 0 Å². The molecule has 0 aliphatic rings. The van der Waals surface area contributed by atoms with E-state index in [0.717, 1.165) is 65.9 Å². The predicted octanol–water partition coefficient (Wildman–Crippen LogP) is 7.55. The highest BCUT2D eigenvalue weighted by Gasteiger charge is 2.21. The quantitative estimate of drug-likeness (QED) is 0.170. The minimum absolute atomic E-state index is 0.122. The molecule has 3 heterocycles. The SMILES string of the molecule is NC(=O)c1cncc(C(N)=O)c1-c1cc(-c2cccc3c2[nH]c2ccccc23)cc(-c2cccc3c2[nH]c2ccccc23)c1. The molecule has 0 aliphatic heterocycles. The fraction of sp³-hybridized carbons (Fsp3) is 0. The van der Waals surface area contributed by atoms with Gasteiger partial charge < -0.3 is 21.4 Å². The fourth-order valence-corrected chi connectivity index (χ4v) is 6.46. The second-order valence-corrected chi connectivity index (χ2v) is 10.9. The molecule has 2 amide bonds. The maximum absolute atomic E-state index is 12.6. The number of nitrogens with zero attached hydrogens (tertiary/aromatic N) is 1. The molecule has 0 fully saturated rings. The lowest BCUT2D eigenvalue weighted by Crippen LogP contribution is -2.18. The molecule has 0 aliphatic carbocycles. The number of aromatic amines is 2. The number of nitrogens with one attached hydrogen (secondary N) is 2. The lowest BCUT2D eigenvalue weighted by atomic mass is 9.89. The van der Waals surface area contributed by atoms with Gasteiger partial charge in [0, 0.05) is 61.7 Å². The summed E-state index contributed by atoms with van der Waals surface area (Å²) in [5.74, 6) is -1.39. The van der Waals surface area contributed by atoms with Crippen LogP contribution in [0.4, 0.5) is 0 Å². The van der Waals surface area contributed by atoms with E-state index >= 15 is 0 Å². The maximum atomic E-state index is 12.6. The number of hydrogen-bond donors (Lipinski definition) is 4. The lowest BCUT2D eigenvalue weighted by molar-refractivity contribution is 0.0999. The zero-order valence-corrected chi connectivity index (χ0v) is 23.4. The second-order valence-electron chi connectivity index (χ2n) is 10.9. The molecule has 44 heavy (non-hydrogen) atoms. The average Bonchev–Trinajstić information content (AvgIpc) is 3.62. The van der Waals surface area contributed by atoms with Crippen LogP contribution in [-0.2, 0) is 0 Å². The van der Waals surface area contributed by atoms with Gasteiger partial charge in [-0.3, -0.25) is 14.6 Å². The van der Waals surface area contributed by atoms with Crippen molar-refractivity contribution in [1.82, 2.24) is 15.0 Å². The Balaban J connectivity index is 1.48. The molecule has 0 spiro atoms. The summed E-state index contributed by atoms with van der Waals surface area (Å²) in [6.45, 7) is 0.